The summed E-state index contributed by atoms with van der Waals surface area (Å²) in [5.41, 5.74) is 2.96. The van der Waals surface area contributed by atoms with Crippen LogP contribution in [0.5, 0.6) is 11.5 Å². The zero-order valence-corrected chi connectivity index (χ0v) is 20.6. The Kier molecular flexibility index (Phi) is 8.10. The van der Waals surface area contributed by atoms with Gasteiger partial charge in [0.2, 0.25) is 5.89 Å². The van der Waals surface area contributed by atoms with E-state index in [1.54, 1.807) is 13.0 Å². The summed E-state index contributed by atoms with van der Waals surface area (Å²) < 4.78 is 41.7. The van der Waals surface area contributed by atoms with Crippen LogP contribution in [0.2, 0.25) is 0 Å². The van der Waals surface area contributed by atoms with Gasteiger partial charge in [-0.05, 0) is 54.8 Å². The predicted octanol–water partition coefficient (Wildman–Crippen LogP) is 5.66. The highest BCUT2D eigenvalue weighted by Gasteiger charge is 2.31. The quantitative estimate of drug-likeness (QED) is 0.198. The third kappa shape index (κ3) is 6.20. The van der Waals surface area contributed by atoms with Crippen LogP contribution in [0.3, 0.4) is 0 Å². The van der Waals surface area contributed by atoms with E-state index in [4.69, 9.17) is 9.15 Å². The molecule has 2 aromatic heterocycles. The highest BCUT2D eigenvalue weighted by atomic mass is 19.3. The van der Waals surface area contributed by atoms with Crippen LogP contribution in [0.4, 0.5) is 8.78 Å². The number of benzene rings is 2. The average molecular weight is 523 g/mol. The normalized spacial score (nSPS) is 11.8. The van der Waals surface area contributed by atoms with E-state index in [9.17, 15) is 23.5 Å². The van der Waals surface area contributed by atoms with Gasteiger partial charge in [-0.2, -0.15) is 8.78 Å². The molecule has 0 spiro atoms. The zero-order chi connectivity index (χ0) is 27.2. The van der Waals surface area contributed by atoms with E-state index in [1.807, 2.05) is 37.3 Å². The summed E-state index contributed by atoms with van der Waals surface area (Å²) in [6.45, 7) is 0.574. The number of carbonyl (C=O) groups excluding carboxylic acids is 1. The van der Waals surface area contributed by atoms with Gasteiger partial charge in [0.05, 0.1) is 5.69 Å². The molecule has 0 aliphatic rings. The summed E-state index contributed by atoms with van der Waals surface area (Å²) in [5, 5.41) is 9.74. The van der Waals surface area contributed by atoms with E-state index >= 15 is 0 Å². The first-order valence-corrected chi connectivity index (χ1v) is 11.6. The highest BCUT2D eigenvalue weighted by molar-refractivity contribution is 6.08. The lowest BCUT2D eigenvalue weighted by Crippen LogP contribution is -2.27. The summed E-state index contributed by atoms with van der Waals surface area (Å²) in [6, 6.07) is 15.1. The molecule has 0 saturated heterocycles. The Hall–Kier alpha value is -4.60. The molecular formula is C28H24F2N2O6. The number of rotatable bonds is 11. The molecule has 196 valence electrons. The molecule has 0 saturated carbocycles. The number of aryl methyl sites for hydroxylation is 1. The fourth-order valence-corrected chi connectivity index (χ4v) is 3.76. The molecule has 0 amide bonds. The number of aromatic nitrogens is 2. The summed E-state index contributed by atoms with van der Waals surface area (Å²) in [5.74, 6) is -3.39. The molecular weight excluding hydrogens is 498 g/mol. The molecule has 4 rings (SSSR count). The van der Waals surface area contributed by atoms with Crippen LogP contribution in [0.15, 0.2) is 71.5 Å². The number of oxazole rings is 1. The number of halogens is 2. The molecule has 2 heterocycles. The van der Waals surface area contributed by atoms with Crippen LogP contribution in [-0.2, 0) is 17.8 Å². The standard InChI is InChI=1S/C28H24F2N2O6/c1-16-10-11-31-24(17(16)2)25(33)21(27(34)35)13-20-15-37-26(32-20)19-8-9-22(38-28(29)30)23(12-19)36-14-18-6-4-3-5-7-18/h3-12,15,21,28H,13-14H2,1-2H3,(H,34,35). The van der Waals surface area contributed by atoms with Crippen molar-refractivity contribution >= 4 is 11.8 Å². The summed E-state index contributed by atoms with van der Waals surface area (Å²) in [7, 11) is 0. The van der Waals surface area contributed by atoms with Crippen molar-refractivity contribution in [2.45, 2.75) is 33.5 Å². The number of carboxylic acids is 1. The lowest BCUT2D eigenvalue weighted by molar-refractivity contribution is -0.140. The van der Waals surface area contributed by atoms with Gasteiger partial charge in [0.15, 0.2) is 17.3 Å². The number of Topliss-reactive ketones (excluding diaryl/α,β-unsaturated/α-hetero) is 1. The molecule has 0 radical (unpaired) electrons. The molecule has 10 heteroatoms. The van der Waals surface area contributed by atoms with Crippen molar-refractivity contribution in [1.29, 1.82) is 0 Å². The summed E-state index contributed by atoms with van der Waals surface area (Å²) in [4.78, 5) is 33.4. The molecule has 38 heavy (non-hydrogen) atoms. The number of hydrogen-bond acceptors (Lipinski definition) is 7. The smallest absolute Gasteiger partial charge is 0.387 e. The van der Waals surface area contributed by atoms with Gasteiger partial charge in [-0.15, -0.1) is 0 Å². The molecule has 0 aliphatic heterocycles. The van der Waals surface area contributed by atoms with Gasteiger partial charge < -0.3 is 19.0 Å². The zero-order valence-electron chi connectivity index (χ0n) is 20.6. The summed E-state index contributed by atoms with van der Waals surface area (Å²) >= 11 is 0. The van der Waals surface area contributed by atoms with Crippen LogP contribution < -0.4 is 9.47 Å². The Morgan fingerprint density at radius 2 is 1.82 bits per heavy atom. The van der Waals surface area contributed by atoms with Gasteiger partial charge in [0, 0.05) is 18.2 Å². The monoisotopic (exact) mass is 522 g/mol. The first-order chi connectivity index (χ1) is 18.2. The van der Waals surface area contributed by atoms with Crippen molar-refractivity contribution in [3.63, 3.8) is 0 Å². The van der Waals surface area contributed by atoms with Gasteiger partial charge in [-0.25, -0.2) is 4.98 Å². The van der Waals surface area contributed by atoms with Gasteiger partial charge in [-0.1, -0.05) is 30.3 Å². The van der Waals surface area contributed by atoms with E-state index in [0.717, 1.165) is 11.1 Å². The maximum Gasteiger partial charge on any atom is 0.387 e. The van der Waals surface area contributed by atoms with Gasteiger partial charge in [0.25, 0.3) is 0 Å². The minimum atomic E-state index is -3.05. The largest absolute Gasteiger partial charge is 0.485 e. The van der Waals surface area contributed by atoms with Gasteiger partial charge in [-0.3, -0.25) is 14.6 Å². The van der Waals surface area contributed by atoms with E-state index in [1.165, 1.54) is 30.7 Å². The van der Waals surface area contributed by atoms with Crippen molar-refractivity contribution < 1.29 is 37.4 Å². The van der Waals surface area contributed by atoms with Crippen LogP contribution in [0, 0.1) is 19.8 Å². The maximum absolute atomic E-state index is 13.0. The number of alkyl halides is 2. The number of ether oxygens (including phenoxy) is 2. The molecule has 8 nitrogen and oxygen atoms in total. The first-order valence-electron chi connectivity index (χ1n) is 11.6. The predicted molar refractivity (Wildman–Crippen MR) is 132 cm³/mol. The Labute approximate surface area is 216 Å². The fourth-order valence-electron chi connectivity index (χ4n) is 3.76. The van der Waals surface area contributed by atoms with E-state index in [-0.39, 0.29) is 41.8 Å². The number of carbonyl (C=O) groups is 2. The lowest BCUT2D eigenvalue weighted by atomic mass is 9.93. The molecule has 0 bridgehead atoms. The van der Waals surface area contributed by atoms with Crippen LogP contribution in [0.25, 0.3) is 11.5 Å². The average Bonchev–Trinajstić information content (AvgIpc) is 3.37. The second-order valence-electron chi connectivity index (χ2n) is 8.52. The Balaban J connectivity index is 1.57. The van der Waals surface area contributed by atoms with Crippen LogP contribution in [-0.4, -0.2) is 33.4 Å². The third-order valence-corrected chi connectivity index (χ3v) is 5.93. The van der Waals surface area contributed by atoms with Gasteiger partial charge >= 0.3 is 12.6 Å². The van der Waals surface area contributed by atoms with Crippen molar-refractivity contribution in [2.75, 3.05) is 0 Å². The topological polar surface area (TPSA) is 112 Å². The highest BCUT2D eigenvalue weighted by Crippen LogP contribution is 2.34. The van der Waals surface area contributed by atoms with E-state index < -0.39 is 24.3 Å². The van der Waals surface area contributed by atoms with Crippen molar-refractivity contribution in [3.8, 4) is 23.0 Å². The molecule has 1 unspecified atom stereocenters. The maximum atomic E-state index is 13.0. The Morgan fingerprint density at radius 1 is 1.05 bits per heavy atom. The molecule has 2 aromatic carbocycles. The van der Waals surface area contributed by atoms with Crippen molar-refractivity contribution in [2.24, 2.45) is 5.92 Å². The fraction of sp³-hybridized carbons (Fsp3) is 0.214. The van der Waals surface area contributed by atoms with Crippen LogP contribution in [0.1, 0.15) is 32.9 Å². The minimum Gasteiger partial charge on any atom is -0.485 e. The number of carboxylic acid groups (broad SMARTS) is 1. The molecule has 1 atom stereocenters. The number of aliphatic carboxylic acids is 1. The van der Waals surface area contributed by atoms with Gasteiger partial charge in [0.1, 0.15) is 24.5 Å². The van der Waals surface area contributed by atoms with Crippen molar-refractivity contribution in [1.82, 2.24) is 9.97 Å². The number of pyridine rings is 1. The SMILES string of the molecule is Cc1ccnc(C(=O)C(Cc2coc(-c3ccc(OC(F)F)c(OCc4ccccc4)c3)n2)C(=O)O)c1C. The Bertz CT molecular complexity index is 1440. The first kappa shape index (κ1) is 26.5. The molecule has 0 aliphatic carbocycles. The van der Waals surface area contributed by atoms with E-state index in [0.29, 0.717) is 11.1 Å². The van der Waals surface area contributed by atoms with Crippen LogP contribution >= 0.6 is 0 Å². The second-order valence-corrected chi connectivity index (χ2v) is 8.52. The lowest BCUT2D eigenvalue weighted by Gasteiger charge is -2.13. The second kappa shape index (κ2) is 11.6. The number of ketones is 1. The number of hydrogen-bond donors (Lipinski definition) is 1. The molecule has 4 aromatic rings. The summed E-state index contributed by atoms with van der Waals surface area (Å²) in [6.07, 6.45) is 2.49. The third-order valence-electron chi connectivity index (χ3n) is 5.93. The van der Waals surface area contributed by atoms with E-state index in [2.05, 4.69) is 14.7 Å². The number of nitrogens with zero attached hydrogens (tertiary/aromatic N) is 2. The van der Waals surface area contributed by atoms with Crippen molar-refractivity contribution in [3.05, 3.63) is 95.1 Å². The molecule has 1 N–H and O–H groups in total. The Morgan fingerprint density at radius 3 is 2.53 bits per heavy atom. The molecule has 0 fully saturated rings. The minimum absolute atomic E-state index is 0.0472.